The summed E-state index contributed by atoms with van der Waals surface area (Å²) >= 11 is 3.17. The van der Waals surface area contributed by atoms with E-state index in [1.807, 2.05) is 5.43 Å². The van der Waals surface area contributed by atoms with Gasteiger partial charge in [0.25, 0.3) is 0 Å². The van der Waals surface area contributed by atoms with E-state index in [0.717, 1.165) is 0 Å². The Labute approximate surface area is 87.4 Å². The SMILES string of the molecule is O=C(O)C(=O)NNc1cncc(Br)c1. The number of anilines is 1. The first-order valence-corrected chi connectivity index (χ1v) is 4.28. The molecular weight excluding hydrogens is 254 g/mol. The lowest BCUT2D eigenvalue weighted by molar-refractivity contribution is -0.149. The zero-order valence-electron chi connectivity index (χ0n) is 6.82. The van der Waals surface area contributed by atoms with Crippen molar-refractivity contribution in [3.63, 3.8) is 0 Å². The molecule has 1 aromatic heterocycles. The first-order chi connectivity index (χ1) is 6.59. The van der Waals surface area contributed by atoms with Crippen LogP contribution < -0.4 is 10.9 Å². The maximum atomic E-state index is 10.6. The topological polar surface area (TPSA) is 91.3 Å². The highest BCUT2D eigenvalue weighted by Crippen LogP contribution is 2.12. The van der Waals surface area contributed by atoms with Crippen LogP contribution in [0.4, 0.5) is 5.69 Å². The molecule has 74 valence electrons. The summed E-state index contributed by atoms with van der Waals surface area (Å²) in [6, 6.07) is 1.63. The van der Waals surface area contributed by atoms with Crippen LogP contribution in [0.5, 0.6) is 0 Å². The molecule has 1 aromatic rings. The van der Waals surface area contributed by atoms with E-state index >= 15 is 0 Å². The summed E-state index contributed by atoms with van der Waals surface area (Å²) in [6.45, 7) is 0. The van der Waals surface area contributed by atoms with Gasteiger partial charge in [0.2, 0.25) is 0 Å². The number of hydrazine groups is 1. The molecule has 0 aliphatic rings. The first-order valence-electron chi connectivity index (χ1n) is 3.49. The van der Waals surface area contributed by atoms with Crippen LogP contribution in [0.25, 0.3) is 0 Å². The summed E-state index contributed by atoms with van der Waals surface area (Å²) in [4.78, 5) is 24.5. The monoisotopic (exact) mass is 259 g/mol. The van der Waals surface area contributed by atoms with Gasteiger partial charge in [0, 0.05) is 10.7 Å². The van der Waals surface area contributed by atoms with Gasteiger partial charge in [-0.2, -0.15) is 0 Å². The lowest BCUT2D eigenvalue weighted by Crippen LogP contribution is -2.35. The Hall–Kier alpha value is -1.63. The standard InChI is InChI=1S/C7H6BrN3O3/c8-4-1-5(3-9-2-4)10-11-6(12)7(13)14/h1-3,10H,(H,11,12)(H,13,14). The summed E-state index contributed by atoms with van der Waals surface area (Å²) in [6.07, 6.45) is 3.00. The normalized spacial score (nSPS) is 9.21. The van der Waals surface area contributed by atoms with Gasteiger partial charge in [-0.1, -0.05) is 0 Å². The number of pyridine rings is 1. The number of aromatic nitrogens is 1. The molecule has 0 fully saturated rings. The number of carbonyl (C=O) groups is 2. The number of carboxylic acids is 1. The summed E-state index contributed by atoms with van der Waals surface area (Å²) in [5.41, 5.74) is 4.85. The fraction of sp³-hybridized carbons (Fsp3) is 0. The van der Waals surface area contributed by atoms with Crippen LogP contribution in [0.15, 0.2) is 22.9 Å². The van der Waals surface area contributed by atoms with E-state index in [4.69, 9.17) is 5.11 Å². The van der Waals surface area contributed by atoms with Gasteiger partial charge in [-0.05, 0) is 22.0 Å². The average molecular weight is 260 g/mol. The quantitative estimate of drug-likeness (QED) is 0.528. The second-order valence-corrected chi connectivity index (χ2v) is 3.19. The summed E-state index contributed by atoms with van der Waals surface area (Å²) in [7, 11) is 0. The highest BCUT2D eigenvalue weighted by molar-refractivity contribution is 9.10. The lowest BCUT2D eigenvalue weighted by atomic mass is 10.4. The Morgan fingerprint density at radius 2 is 2.14 bits per heavy atom. The molecule has 0 unspecified atom stereocenters. The number of rotatable bonds is 2. The number of nitrogens with zero attached hydrogens (tertiary/aromatic N) is 1. The van der Waals surface area contributed by atoms with Crippen molar-refractivity contribution in [2.75, 3.05) is 5.43 Å². The minimum atomic E-state index is -1.56. The highest BCUT2D eigenvalue weighted by atomic mass is 79.9. The van der Waals surface area contributed by atoms with E-state index in [1.165, 1.54) is 6.20 Å². The van der Waals surface area contributed by atoms with Crippen molar-refractivity contribution >= 4 is 33.5 Å². The van der Waals surface area contributed by atoms with E-state index in [9.17, 15) is 9.59 Å². The third kappa shape index (κ3) is 3.02. The molecule has 0 saturated heterocycles. The number of nitrogens with one attached hydrogen (secondary N) is 2. The molecule has 0 aromatic carbocycles. The molecule has 0 radical (unpaired) electrons. The Balaban J connectivity index is 2.54. The van der Waals surface area contributed by atoms with Crippen LogP contribution in [0.1, 0.15) is 0 Å². The molecule has 0 bridgehead atoms. The van der Waals surface area contributed by atoms with Crippen LogP contribution in [0, 0.1) is 0 Å². The third-order valence-corrected chi connectivity index (χ3v) is 1.65. The Kier molecular flexibility index (Phi) is 3.41. The minimum Gasteiger partial charge on any atom is -0.474 e. The van der Waals surface area contributed by atoms with Gasteiger partial charge >= 0.3 is 11.9 Å². The van der Waals surface area contributed by atoms with Crippen molar-refractivity contribution in [1.82, 2.24) is 10.4 Å². The van der Waals surface area contributed by atoms with Crippen LogP contribution in [-0.4, -0.2) is 22.0 Å². The molecule has 0 spiro atoms. The van der Waals surface area contributed by atoms with Crippen molar-refractivity contribution in [3.05, 3.63) is 22.9 Å². The number of aliphatic carboxylic acids is 1. The smallest absolute Gasteiger partial charge is 0.396 e. The van der Waals surface area contributed by atoms with Crippen molar-refractivity contribution < 1.29 is 14.7 Å². The molecule has 0 atom stereocenters. The summed E-state index contributed by atoms with van der Waals surface area (Å²) < 4.78 is 0.715. The predicted octanol–water partition coefficient (Wildman–Crippen LogP) is 0.372. The van der Waals surface area contributed by atoms with Crippen LogP contribution in [-0.2, 0) is 9.59 Å². The third-order valence-electron chi connectivity index (χ3n) is 1.22. The molecule has 1 rings (SSSR count). The van der Waals surface area contributed by atoms with E-state index < -0.39 is 11.9 Å². The van der Waals surface area contributed by atoms with Gasteiger partial charge in [-0.3, -0.25) is 20.6 Å². The van der Waals surface area contributed by atoms with Gasteiger partial charge in [-0.25, -0.2) is 4.79 Å². The molecule has 14 heavy (non-hydrogen) atoms. The van der Waals surface area contributed by atoms with Crippen molar-refractivity contribution in [2.45, 2.75) is 0 Å². The van der Waals surface area contributed by atoms with Gasteiger partial charge in [0.15, 0.2) is 0 Å². The number of carboxylic acid groups (broad SMARTS) is 1. The number of hydrogen-bond acceptors (Lipinski definition) is 4. The van der Waals surface area contributed by atoms with Gasteiger partial charge < -0.3 is 5.11 Å². The highest BCUT2D eigenvalue weighted by Gasteiger charge is 2.09. The second kappa shape index (κ2) is 4.56. The van der Waals surface area contributed by atoms with Gasteiger partial charge in [0.1, 0.15) is 0 Å². The zero-order valence-corrected chi connectivity index (χ0v) is 8.41. The molecule has 0 aliphatic carbocycles. The minimum absolute atomic E-state index is 0.481. The van der Waals surface area contributed by atoms with Crippen LogP contribution in [0.2, 0.25) is 0 Å². The summed E-state index contributed by atoms with van der Waals surface area (Å²) in [5.74, 6) is -2.69. The molecule has 0 aliphatic heterocycles. The largest absolute Gasteiger partial charge is 0.474 e. The maximum Gasteiger partial charge on any atom is 0.396 e. The Morgan fingerprint density at radius 3 is 2.71 bits per heavy atom. The Morgan fingerprint density at radius 1 is 1.43 bits per heavy atom. The first kappa shape index (κ1) is 10.5. The van der Waals surface area contributed by atoms with Gasteiger partial charge in [0.05, 0.1) is 11.9 Å². The predicted molar refractivity (Wildman–Crippen MR) is 51.3 cm³/mol. The average Bonchev–Trinajstić information content (AvgIpc) is 2.14. The van der Waals surface area contributed by atoms with Crippen LogP contribution in [0.3, 0.4) is 0 Å². The fourth-order valence-corrected chi connectivity index (χ4v) is 1.03. The molecule has 0 saturated carbocycles. The molecule has 6 nitrogen and oxygen atoms in total. The number of carbonyl (C=O) groups excluding carboxylic acids is 1. The van der Waals surface area contributed by atoms with Crippen molar-refractivity contribution in [1.29, 1.82) is 0 Å². The van der Waals surface area contributed by atoms with Crippen molar-refractivity contribution in [3.8, 4) is 0 Å². The fourth-order valence-electron chi connectivity index (χ4n) is 0.663. The summed E-state index contributed by atoms with van der Waals surface area (Å²) in [5, 5.41) is 8.24. The number of halogens is 1. The number of amides is 1. The molecule has 1 heterocycles. The molecular formula is C7H6BrN3O3. The van der Waals surface area contributed by atoms with Crippen molar-refractivity contribution in [2.24, 2.45) is 0 Å². The van der Waals surface area contributed by atoms with E-state index in [1.54, 1.807) is 12.3 Å². The van der Waals surface area contributed by atoms with Gasteiger partial charge in [-0.15, -0.1) is 0 Å². The van der Waals surface area contributed by atoms with Crippen LogP contribution >= 0.6 is 15.9 Å². The van der Waals surface area contributed by atoms with E-state index in [-0.39, 0.29) is 0 Å². The maximum absolute atomic E-state index is 10.6. The lowest BCUT2D eigenvalue weighted by Gasteiger charge is -2.05. The van der Waals surface area contributed by atoms with E-state index in [2.05, 4.69) is 26.3 Å². The zero-order chi connectivity index (χ0) is 10.6. The second-order valence-electron chi connectivity index (χ2n) is 2.28. The van der Waals surface area contributed by atoms with E-state index in [0.29, 0.717) is 10.2 Å². The number of hydrogen-bond donors (Lipinski definition) is 3. The molecule has 1 amide bonds. The molecule has 3 N–H and O–H groups in total. The Bertz CT molecular complexity index is 369. The molecule has 7 heteroatoms.